The first-order valence-electron chi connectivity index (χ1n) is 6.48. The van der Waals surface area contributed by atoms with Crippen LogP contribution in [-0.4, -0.2) is 25.5 Å². The van der Waals surface area contributed by atoms with Crippen LogP contribution in [0.3, 0.4) is 0 Å². The van der Waals surface area contributed by atoms with Crippen LogP contribution in [0.5, 0.6) is 0 Å². The van der Waals surface area contributed by atoms with Crippen LogP contribution in [-0.2, 0) is 19.6 Å². The van der Waals surface area contributed by atoms with Gasteiger partial charge in [-0.25, -0.2) is 0 Å². The van der Waals surface area contributed by atoms with E-state index in [0.717, 1.165) is 24.5 Å². The van der Waals surface area contributed by atoms with Crippen LogP contribution in [0, 0.1) is 6.92 Å². The normalized spacial score (nSPS) is 10.7. The average Bonchev–Trinajstić information content (AvgIpc) is 3.02. The highest BCUT2D eigenvalue weighted by molar-refractivity contribution is 5.94. The Balaban J connectivity index is 1.98. The summed E-state index contributed by atoms with van der Waals surface area (Å²) in [6, 6.07) is 1.91. The van der Waals surface area contributed by atoms with Crippen LogP contribution in [0.1, 0.15) is 35.6 Å². The van der Waals surface area contributed by atoms with Crippen molar-refractivity contribution >= 4 is 5.91 Å². The van der Waals surface area contributed by atoms with Crippen LogP contribution in [0.25, 0.3) is 0 Å². The lowest BCUT2D eigenvalue weighted by molar-refractivity contribution is 0.0949. The van der Waals surface area contributed by atoms with E-state index in [1.165, 1.54) is 0 Å². The van der Waals surface area contributed by atoms with Gasteiger partial charge in [0.15, 0.2) is 0 Å². The lowest BCUT2D eigenvalue weighted by Crippen LogP contribution is -2.23. The standard InChI is InChI=1S/C13H19N5O/c1-4-17-7-6-11(16-17)8-14-13(19)12-9-18(5-2)15-10(12)3/h6-7,9H,4-5,8H2,1-3H3,(H,14,19). The van der Waals surface area contributed by atoms with Crippen LogP contribution in [0.15, 0.2) is 18.5 Å². The molecule has 1 N–H and O–H groups in total. The molecule has 0 aliphatic heterocycles. The Bertz CT molecular complexity index is 569. The van der Waals surface area contributed by atoms with Crippen molar-refractivity contribution in [1.82, 2.24) is 24.9 Å². The Labute approximate surface area is 112 Å². The van der Waals surface area contributed by atoms with Crippen LogP contribution >= 0.6 is 0 Å². The first-order chi connectivity index (χ1) is 9.13. The topological polar surface area (TPSA) is 64.7 Å². The number of nitrogens with zero attached hydrogens (tertiary/aromatic N) is 4. The minimum absolute atomic E-state index is 0.108. The van der Waals surface area contributed by atoms with Gasteiger partial charge >= 0.3 is 0 Å². The Kier molecular flexibility index (Phi) is 3.99. The van der Waals surface area contributed by atoms with Gasteiger partial charge < -0.3 is 5.32 Å². The number of hydrogen-bond donors (Lipinski definition) is 1. The third-order valence-corrected chi connectivity index (χ3v) is 2.96. The molecule has 2 aromatic heterocycles. The summed E-state index contributed by atoms with van der Waals surface area (Å²) in [5.74, 6) is -0.108. The molecule has 1 amide bonds. The van der Waals surface area contributed by atoms with Gasteiger partial charge in [0.2, 0.25) is 0 Å². The van der Waals surface area contributed by atoms with Crippen LogP contribution in [0.2, 0.25) is 0 Å². The molecule has 0 unspecified atom stereocenters. The van der Waals surface area contributed by atoms with Gasteiger partial charge in [-0.15, -0.1) is 0 Å². The monoisotopic (exact) mass is 261 g/mol. The van der Waals surface area contributed by atoms with E-state index in [1.54, 1.807) is 10.9 Å². The van der Waals surface area contributed by atoms with Crippen molar-refractivity contribution in [3.05, 3.63) is 35.4 Å². The molecule has 0 aliphatic rings. The van der Waals surface area contributed by atoms with E-state index in [0.29, 0.717) is 12.1 Å². The molecule has 0 aromatic carbocycles. The number of carbonyl (C=O) groups is 1. The second-order valence-electron chi connectivity index (χ2n) is 4.33. The summed E-state index contributed by atoms with van der Waals surface area (Å²) in [7, 11) is 0. The van der Waals surface area contributed by atoms with Crippen molar-refractivity contribution in [3.63, 3.8) is 0 Å². The van der Waals surface area contributed by atoms with Crippen molar-refractivity contribution < 1.29 is 4.79 Å². The van der Waals surface area contributed by atoms with Crippen LogP contribution < -0.4 is 5.32 Å². The van der Waals surface area contributed by atoms with E-state index in [2.05, 4.69) is 15.5 Å². The molecule has 6 heteroatoms. The van der Waals surface area contributed by atoms with Crippen molar-refractivity contribution in [2.75, 3.05) is 0 Å². The molecular weight excluding hydrogens is 242 g/mol. The third-order valence-electron chi connectivity index (χ3n) is 2.96. The number of aryl methyl sites for hydroxylation is 3. The highest BCUT2D eigenvalue weighted by atomic mass is 16.1. The van der Waals surface area contributed by atoms with Gasteiger partial charge in [-0.1, -0.05) is 0 Å². The summed E-state index contributed by atoms with van der Waals surface area (Å²) >= 11 is 0. The lowest BCUT2D eigenvalue weighted by atomic mass is 10.2. The number of carbonyl (C=O) groups excluding carboxylic acids is 1. The molecule has 2 heterocycles. The summed E-state index contributed by atoms with van der Waals surface area (Å²) in [6.45, 7) is 7.88. The zero-order chi connectivity index (χ0) is 13.8. The maximum Gasteiger partial charge on any atom is 0.255 e. The molecule has 0 radical (unpaired) electrons. The second kappa shape index (κ2) is 5.69. The maximum atomic E-state index is 12.0. The lowest BCUT2D eigenvalue weighted by Gasteiger charge is -2.01. The quantitative estimate of drug-likeness (QED) is 0.883. The number of rotatable bonds is 5. The Morgan fingerprint density at radius 2 is 2.00 bits per heavy atom. The predicted octanol–water partition coefficient (Wildman–Crippen LogP) is 1.36. The average molecular weight is 261 g/mol. The minimum Gasteiger partial charge on any atom is -0.346 e. The molecule has 2 aromatic rings. The summed E-state index contributed by atoms with van der Waals surface area (Å²) in [6.07, 6.45) is 3.68. The van der Waals surface area contributed by atoms with Gasteiger partial charge in [0.25, 0.3) is 5.91 Å². The zero-order valence-electron chi connectivity index (χ0n) is 11.6. The first-order valence-corrected chi connectivity index (χ1v) is 6.48. The van der Waals surface area contributed by atoms with Crippen molar-refractivity contribution in [2.45, 2.75) is 40.4 Å². The van der Waals surface area contributed by atoms with E-state index in [4.69, 9.17) is 0 Å². The van der Waals surface area contributed by atoms with E-state index < -0.39 is 0 Å². The molecule has 0 aliphatic carbocycles. The molecule has 0 bridgehead atoms. The van der Waals surface area contributed by atoms with E-state index in [9.17, 15) is 4.79 Å². The summed E-state index contributed by atoms with van der Waals surface area (Å²) in [4.78, 5) is 12.0. The van der Waals surface area contributed by atoms with Gasteiger partial charge in [-0.2, -0.15) is 10.2 Å². The summed E-state index contributed by atoms with van der Waals surface area (Å²) < 4.78 is 3.60. The fourth-order valence-electron chi connectivity index (χ4n) is 1.84. The molecular formula is C13H19N5O. The van der Waals surface area contributed by atoms with Gasteiger partial charge in [-0.05, 0) is 26.8 Å². The van der Waals surface area contributed by atoms with E-state index in [1.807, 2.05) is 37.7 Å². The Morgan fingerprint density at radius 3 is 2.58 bits per heavy atom. The van der Waals surface area contributed by atoms with E-state index in [-0.39, 0.29) is 5.91 Å². The molecule has 6 nitrogen and oxygen atoms in total. The molecule has 102 valence electrons. The zero-order valence-corrected chi connectivity index (χ0v) is 11.6. The Morgan fingerprint density at radius 1 is 1.26 bits per heavy atom. The number of hydrogen-bond acceptors (Lipinski definition) is 3. The molecule has 0 atom stereocenters. The number of amides is 1. The summed E-state index contributed by atoms with van der Waals surface area (Å²) in [5, 5.41) is 11.4. The van der Waals surface area contributed by atoms with Gasteiger partial charge in [-0.3, -0.25) is 14.2 Å². The highest BCUT2D eigenvalue weighted by Crippen LogP contribution is 2.06. The third kappa shape index (κ3) is 3.01. The number of nitrogens with one attached hydrogen (secondary N) is 1. The molecule has 19 heavy (non-hydrogen) atoms. The first kappa shape index (κ1) is 13.3. The van der Waals surface area contributed by atoms with Crippen molar-refractivity contribution in [1.29, 1.82) is 0 Å². The highest BCUT2D eigenvalue weighted by Gasteiger charge is 2.12. The van der Waals surface area contributed by atoms with Crippen molar-refractivity contribution in [2.24, 2.45) is 0 Å². The molecule has 0 spiro atoms. The smallest absolute Gasteiger partial charge is 0.255 e. The number of aromatic nitrogens is 4. The minimum atomic E-state index is -0.108. The molecule has 2 rings (SSSR count). The molecule has 0 fully saturated rings. The fourth-order valence-corrected chi connectivity index (χ4v) is 1.84. The van der Waals surface area contributed by atoms with Gasteiger partial charge in [0.05, 0.1) is 23.5 Å². The second-order valence-corrected chi connectivity index (χ2v) is 4.33. The van der Waals surface area contributed by atoms with Gasteiger partial charge in [0.1, 0.15) is 0 Å². The van der Waals surface area contributed by atoms with Crippen LogP contribution in [0.4, 0.5) is 0 Å². The Hall–Kier alpha value is -2.11. The molecule has 0 saturated carbocycles. The van der Waals surface area contributed by atoms with Gasteiger partial charge in [0, 0.05) is 25.5 Å². The molecule has 0 saturated heterocycles. The SMILES string of the molecule is CCn1ccc(CNC(=O)c2cn(CC)nc2C)n1. The fraction of sp³-hybridized carbons (Fsp3) is 0.462. The predicted molar refractivity (Wildman–Crippen MR) is 71.7 cm³/mol. The summed E-state index contributed by atoms with van der Waals surface area (Å²) in [5.41, 5.74) is 2.23. The largest absolute Gasteiger partial charge is 0.346 e. The maximum absolute atomic E-state index is 12.0. The van der Waals surface area contributed by atoms with E-state index >= 15 is 0 Å². The van der Waals surface area contributed by atoms with Crippen molar-refractivity contribution in [3.8, 4) is 0 Å².